The first kappa shape index (κ1) is 16.5. The monoisotopic (exact) mass is 354 g/mol. The highest BCUT2D eigenvalue weighted by molar-refractivity contribution is 8.14. The minimum atomic E-state index is -3.61. The normalized spacial score (nSPS) is 23.0. The first-order valence-electron chi connectivity index (χ1n) is 7.37. The van der Waals surface area contributed by atoms with Crippen molar-refractivity contribution < 1.29 is 18.0 Å². The lowest BCUT2D eigenvalue weighted by Crippen LogP contribution is -2.41. The number of nitrogens with zero attached hydrogens (tertiary/aromatic N) is 2. The maximum atomic E-state index is 12.9. The lowest BCUT2D eigenvalue weighted by Gasteiger charge is -2.22. The Labute approximate surface area is 139 Å². The van der Waals surface area contributed by atoms with E-state index in [0.717, 1.165) is 17.3 Å². The molecule has 2 aliphatic heterocycles. The number of aryl methyl sites for hydroxylation is 2. The molecule has 2 heterocycles. The van der Waals surface area contributed by atoms with Crippen LogP contribution in [0.4, 0.5) is 4.79 Å². The third-order valence-corrected chi connectivity index (χ3v) is 7.08. The van der Waals surface area contributed by atoms with Crippen LogP contribution < -0.4 is 0 Å². The van der Waals surface area contributed by atoms with Crippen LogP contribution >= 0.6 is 11.8 Å². The fourth-order valence-electron chi connectivity index (χ4n) is 2.98. The molecule has 0 bridgehead atoms. The Morgan fingerprint density at radius 1 is 1.22 bits per heavy atom. The molecule has 2 amide bonds. The summed E-state index contributed by atoms with van der Waals surface area (Å²) in [6.45, 7) is 4.12. The molecule has 1 aromatic rings. The summed E-state index contributed by atoms with van der Waals surface area (Å²) in [5.41, 5.74) is 1.58. The van der Waals surface area contributed by atoms with Gasteiger partial charge < -0.3 is 0 Å². The fraction of sp³-hybridized carbons (Fsp3) is 0.467. The highest BCUT2D eigenvalue weighted by Gasteiger charge is 2.42. The molecule has 0 aliphatic carbocycles. The van der Waals surface area contributed by atoms with Crippen molar-refractivity contribution in [1.29, 1.82) is 0 Å². The Morgan fingerprint density at radius 3 is 2.61 bits per heavy atom. The molecule has 2 saturated heterocycles. The first-order valence-corrected chi connectivity index (χ1v) is 9.79. The van der Waals surface area contributed by atoms with Crippen LogP contribution in [-0.2, 0) is 14.8 Å². The number of carbonyl (C=O) groups is 2. The van der Waals surface area contributed by atoms with E-state index in [1.54, 1.807) is 19.1 Å². The predicted octanol–water partition coefficient (Wildman–Crippen LogP) is 1.76. The number of carbonyl (C=O) groups excluding carboxylic acids is 2. The molecule has 23 heavy (non-hydrogen) atoms. The zero-order chi connectivity index (χ0) is 16.8. The fourth-order valence-corrected chi connectivity index (χ4v) is 5.56. The standard InChI is InChI=1S/C15H18N2O4S2/c1-10-3-4-11(2)13(7-10)23(20,21)16-6-5-12(8-16)17-14(18)9-22-15(17)19/h3-4,7,12H,5-6,8-9H2,1-2H3. The molecule has 0 aromatic heterocycles. The van der Waals surface area contributed by atoms with Gasteiger partial charge in [0.1, 0.15) is 0 Å². The van der Waals surface area contributed by atoms with Gasteiger partial charge in [0, 0.05) is 13.1 Å². The Balaban J connectivity index is 1.84. The number of sulfonamides is 1. The van der Waals surface area contributed by atoms with E-state index >= 15 is 0 Å². The van der Waals surface area contributed by atoms with Gasteiger partial charge in [0.25, 0.3) is 5.24 Å². The summed E-state index contributed by atoms with van der Waals surface area (Å²) in [5, 5.41) is -0.272. The van der Waals surface area contributed by atoms with Gasteiger partial charge >= 0.3 is 0 Å². The van der Waals surface area contributed by atoms with E-state index < -0.39 is 10.0 Å². The van der Waals surface area contributed by atoms with Crippen LogP contribution in [0.5, 0.6) is 0 Å². The molecule has 1 atom stereocenters. The van der Waals surface area contributed by atoms with Gasteiger partial charge in [-0.3, -0.25) is 14.5 Å². The van der Waals surface area contributed by atoms with Crippen LogP contribution in [0.3, 0.4) is 0 Å². The molecule has 6 nitrogen and oxygen atoms in total. The minimum Gasteiger partial charge on any atom is -0.273 e. The van der Waals surface area contributed by atoms with Gasteiger partial charge in [0.2, 0.25) is 15.9 Å². The van der Waals surface area contributed by atoms with Crippen molar-refractivity contribution in [2.24, 2.45) is 0 Å². The molecule has 0 spiro atoms. The average molecular weight is 354 g/mol. The van der Waals surface area contributed by atoms with Crippen molar-refractivity contribution in [3.05, 3.63) is 29.3 Å². The summed E-state index contributed by atoms with van der Waals surface area (Å²) >= 11 is 0.979. The smallest absolute Gasteiger partial charge is 0.273 e. The van der Waals surface area contributed by atoms with E-state index in [2.05, 4.69) is 0 Å². The van der Waals surface area contributed by atoms with E-state index in [9.17, 15) is 18.0 Å². The summed E-state index contributed by atoms with van der Waals surface area (Å²) in [7, 11) is -3.61. The van der Waals surface area contributed by atoms with Gasteiger partial charge in [-0.2, -0.15) is 4.31 Å². The van der Waals surface area contributed by atoms with E-state index in [4.69, 9.17) is 0 Å². The second-order valence-electron chi connectivity index (χ2n) is 5.89. The zero-order valence-electron chi connectivity index (χ0n) is 13.0. The largest absolute Gasteiger partial charge is 0.289 e. The lowest BCUT2D eigenvalue weighted by molar-refractivity contribution is -0.126. The van der Waals surface area contributed by atoms with Crippen molar-refractivity contribution >= 4 is 32.9 Å². The van der Waals surface area contributed by atoms with E-state index in [1.165, 1.54) is 9.21 Å². The second kappa shape index (κ2) is 5.92. The van der Waals surface area contributed by atoms with Gasteiger partial charge in [0.15, 0.2) is 0 Å². The van der Waals surface area contributed by atoms with Crippen LogP contribution in [0.25, 0.3) is 0 Å². The number of imide groups is 1. The zero-order valence-corrected chi connectivity index (χ0v) is 14.6. The van der Waals surface area contributed by atoms with Gasteiger partial charge in [-0.25, -0.2) is 8.42 Å². The lowest BCUT2D eigenvalue weighted by atomic mass is 10.2. The Morgan fingerprint density at radius 2 is 1.96 bits per heavy atom. The molecule has 1 unspecified atom stereocenters. The minimum absolute atomic E-state index is 0.152. The quantitative estimate of drug-likeness (QED) is 0.827. The van der Waals surface area contributed by atoms with Crippen molar-refractivity contribution in [3.63, 3.8) is 0 Å². The number of hydrogen-bond acceptors (Lipinski definition) is 5. The molecular weight excluding hydrogens is 336 g/mol. The number of amides is 2. The summed E-state index contributed by atoms with van der Waals surface area (Å²) in [5.74, 6) is -0.0741. The number of thioether (sulfide) groups is 1. The number of benzene rings is 1. The van der Waals surface area contributed by atoms with Gasteiger partial charge in [-0.15, -0.1) is 0 Å². The third-order valence-electron chi connectivity index (χ3n) is 4.24. The highest BCUT2D eigenvalue weighted by Crippen LogP contribution is 2.30. The van der Waals surface area contributed by atoms with E-state index in [1.807, 2.05) is 13.0 Å². The Hall–Kier alpha value is -1.38. The first-order chi connectivity index (χ1) is 10.8. The van der Waals surface area contributed by atoms with E-state index in [-0.39, 0.29) is 29.5 Å². The molecule has 0 saturated carbocycles. The maximum Gasteiger partial charge on any atom is 0.289 e. The molecule has 8 heteroatoms. The summed E-state index contributed by atoms with van der Waals surface area (Å²) in [4.78, 5) is 25.1. The van der Waals surface area contributed by atoms with Crippen molar-refractivity contribution in [2.45, 2.75) is 31.2 Å². The molecule has 1 aromatic carbocycles. The summed E-state index contributed by atoms with van der Waals surface area (Å²) < 4.78 is 27.1. The van der Waals surface area contributed by atoms with Gasteiger partial charge in [-0.1, -0.05) is 23.9 Å². The van der Waals surface area contributed by atoms with Crippen LogP contribution in [0.15, 0.2) is 23.1 Å². The average Bonchev–Trinajstić information content (AvgIpc) is 3.09. The molecule has 0 radical (unpaired) electrons. The van der Waals surface area contributed by atoms with Gasteiger partial charge in [-0.05, 0) is 37.5 Å². The molecule has 0 N–H and O–H groups in total. The molecule has 2 aliphatic rings. The number of rotatable bonds is 3. The Bertz CT molecular complexity index is 760. The van der Waals surface area contributed by atoms with Crippen LogP contribution in [0.2, 0.25) is 0 Å². The second-order valence-corrected chi connectivity index (χ2v) is 8.73. The molecule has 3 rings (SSSR count). The van der Waals surface area contributed by atoms with Crippen molar-refractivity contribution in [3.8, 4) is 0 Å². The number of hydrogen-bond donors (Lipinski definition) is 0. The van der Waals surface area contributed by atoms with Crippen molar-refractivity contribution in [2.75, 3.05) is 18.8 Å². The van der Waals surface area contributed by atoms with Crippen LogP contribution in [-0.4, -0.2) is 53.7 Å². The highest BCUT2D eigenvalue weighted by atomic mass is 32.2. The predicted molar refractivity (Wildman–Crippen MR) is 87.8 cm³/mol. The molecule has 124 valence electrons. The molecular formula is C15H18N2O4S2. The summed E-state index contributed by atoms with van der Waals surface area (Å²) in [6, 6.07) is 4.98. The van der Waals surface area contributed by atoms with Crippen LogP contribution in [0.1, 0.15) is 17.5 Å². The van der Waals surface area contributed by atoms with Gasteiger partial charge in [0.05, 0.1) is 16.7 Å². The maximum absolute atomic E-state index is 12.9. The Kier molecular flexibility index (Phi) is 4.24. The molecule has 2 fully saturated rings. The topological polar surface area (TPSA) is 74.8 Å². The third kappa shape index (κ3) is 2.90. The SMILES string of the molecule is Cc1ccc(C)c(S(=O)(=O)N2CCC(N3C(=O)CSC3=O)C2)c1. The van der Waals surface area contributed by atoms with E-state index in [0.29, 0.717) is 23.4 Å². The summed E-state index contributed by atoms with van der Waals surface area (Å²) in [6.07, 6.45) is 0.488. The van der Waals surface area contributed by atoms with Crippen molar-refractivity contribution in [1.82, 2.24) is 9.21 Å². The van der Waals surface area contributed by atoms with Crippen LogP contribution in [0, 0.1) is 13.8 Å².